The number of morpholine rings is 1. The highest BCUT2D eigenvalue weighted by Gasteiger charge is 2.40. The summed E-state index contributed by atoms with van der Waals surface area (Å²) in [6, 6.07) is 3.16. The first-order valence-electron chi connectivity index (χ1n) is 11.0. The summed E-state index contributed by atoms with van der Waals surface area (Å²) in [5.74, 6) is -0.176. The highest BCUT2D eigenvalue weighted by molar-refractivity contribution is 7.89. The Kier molecular flexibility index (Phi) is 7.90. The minimum absolute atomic E-state index is 0.176. The first kappa shape index (κ1) is 23.2. The molecular formula is C22H35N3O4S. The Hall–Kier alpha value is -1.48. The average Bonchev–Trinajstić information content (AvgIpc) is 3.18. The van der Waals surface area contributed by atoms with Crippen molar-refractivity contribution in [2.45, 2.75) is 57.4 Å². The van der Waals surface area contributed by atoms with Gasteiger partial charge in [-0.15, -0.1) is 0 Å². The van der Waals surface area contributed by atoms with E-state index >= 15 is 0 Å². The van der Waals surface area contributed by atoms with E-state index in [1.165, 1.54) is 4.31 Å². The predicted octanol–water partition coefficient (Wildman–Crippen LogP) is 1.99. The number of carbonyl (C=O) groups excluding carboxylic acids is 1. The van der Waals surface area contributed by atoms with Gasteiger partial charge in [-0.3, -0.25) is 9.69 Å². The van der Waals surface area contributed by atoms with E-state index in [9.17, 15) is 13.2 Å². The van der Waals surface area contributed by atoms with Gasteiger partial charge in [0.25, 0.3) is 0 Å². The zero-order valence-electron chi connectivity index (χ0n) is 18.4. The SMILES string of the molecule is Cc1cc(C)c(S(=O)(=O)N2CCCC2C(=O)NCCCCN2CCOCC2)c(C)c1. The maximum atomic E-state index is 13.4. The van der Waals surface area contributed by atoms with Crippen LogP contribution in [0.3, 0.4) is 0 Å². The maximum Gasteiger partial charge on any atom is 0.244 e. The zero-order valence-corrected chi connectivity index (χ0v) is 19.3. The Labute approximate surface area is 180 Å². The number of benzene rings is 1. The van der Waals surface area contributed by atoms with Crippen LogP contribution >= 0.6 is 0 Å². The molecule has 0 aliphatic carbocycles. The third-order valence-corrected chi connectivity index (χ3v) is 8.20. The fourth-order valence-electron chi connectivity index (χ4n) is 4.60. The summed E-state index contributed by atoms with van der Waals surface area (Å²) >= 11 is 0. The minimum Gasteiger partial charge on any atom is -0.379 e. The standard InChI is InChI=1S/C22H35N3O4S/c1-17-15-18(2)21(19(3)16-17)30(27,28)25-10-6-7-20(25)22(26)23-8-4-5-9-24-11-13-29-14-12-24/h15-16,20H,4-14H2,1-3H3,(H,23,26). The van der Waals surface area contributed by atoms with Crippen molar-refractivity contribution in [2.24, 2.45) is 0 Å². The van der Waals surface area contributed by atoms with Gasteiger partial charge in [0.15, 0.2) is 0 Å². The van der Waals surface area contributed by atoms with Gasteiger partial charge in [-0.1, -0.05) is 17.7 Å². The van der Waals surface area contributed by atoms with E-state index in [4.69, 9.17) is 4.74 Å². The highest BCUT2D eigenvalue weighted by Crippen LogP contribution is 2.30. The summed E-state index contributed by atoms with van der Waals surface area (Å²) in [7, 11) is -3.71. The summed E-state index contributed by atoms with van der Waals surface area (Å²) < 4.78 is 33.5. The lowest BCUT2D eigenvalue weighted by Crippen LogP contribution is -2.46. The van der Waals surface area contributed by atoms with Crippen molar-refractivity contribution < 1.29 is 17.9 Å². The third kappa shape index (κ3) is 5.41. The van der Waals surface area contributed by atoms with Crippen molar-refractivity contribution in [3.63, 3.8) is 0 Å². The number of amides is 1. The summed E-state index contributed by atoms with van der Waals surface area (Å²) in [6.45, 7) is 11.1. The van der Waals surface area contributed by atoms with Gasteiger partial charge in [0, 0.05) is 26.2 Å². The number of unbranched alkanes of at least 4 members (excludes halogenated alkanes) is 1. The molecule has 2 aliphatic heterocycles. The summed E-state index contributed by atoms with van der Waals surface area (Å²) in [4.78, 5) is 15.5. The lowest BCUT2D eigenvalue weighted by atomic mass is 10.1. The molecule has 0 radical (unpaired) electrons. The van der Waals surface area contributed by atoms with Crippen LogP contribution in [0.1, 0.15) is 42.4 Å². The van der Waals surface area contributed by atoms with Crippen LogP contribution < -0.4 is 5.32 Å². The highest BCUT2D eigenvalue weighted by atomic mass is 32.2. The van der Waals surface area contributed by atoms with Crippen molar-refractivity contribution in [1.82, 2.24) is 14.5 Å². The number of rotatable bonds is 8. The van der Waals surface area contributed by atoms with Gasteiger partial charge in [0.05, 0.1) is 18.1 Å². The second kappa shape index (κ2) is 10.2. The van der Waals surface area contributed by atoms with Crippen LogP contribution in [0.25, 0.3) is 0 Å². The first-order chi connectivity index (χ1) is 14.3. The molecule has 168 valence electrons. The zero-order chi connectivity index (χ0) is 21.7. The summed E-state index contributed by atoms with van der Waals surface area (Å²) in [6.07, 6.45) is 3.18. The average molecular weight is 438 g/mol. The van der Waals surface area contributed by atoms with E-state index in [-0.39, 0.29) is 5.91 Å². The largest absolute Gasteiger partial charge is 0.379 e. The molecule has 1 aromatic rings. The molecular weight excluding hydrogens is 402 g/mol. The molecule has 1 amide bonds. The topological polar surface area (TPSA) is 79.0 Å². The van der Waals surface area contributed by atoms with Gasteiger partial charge in [0.2, 0.25) is 15.9 Å². The fourth-order valence-corrected chi connectivity index (χ4v) is 6.67. The molecule has 1 atom stereocenters. The predicted molar refractivity (Wildman–Crippen MR) is 117 cm³/mol. The van der Waals surface area contributed by atoms with Crippen LogP contribution in [0.2, 0.25) is 0 Å². The van der Waals surface area contributed by atoms with Gasteiger partial charge >= 0.3 is 0 Å². The van der Waals surface area contributed by atoms with Crippen LogP contribution in [0.5, 0.6) is 0 Å². The molecule has 2 saturated heterocycles. The quantitative estimate of drug-likeness (QED) is 0.630. The van der Waals surface area contributed by atoms with Crippen LogP contribution in [-0.4, -0.2) is 75.5 Å². The van der Waals surface area contributed by atoms with Gasteiger partial charge in [-0.25, -0.2) is 8.42 Å². The van der Waals surface area contributed by atoms with Gasteiger partial charge in [-0.2, -0.15) is 4.31 Å². The molecule has 2 heterocycles. The van der Waals surface area contributed by atoms with Crippen LogP contribution in [0.15, 0.2) is 17.0 Å². The molecule has 1 unspecified atom stereocenters. The van der Waals surface area contributed by atoms with Crippen molar-refractivity contribution >= 4 is 15.9 Å². The fraction of sp³-hybridized carbons (Fsp3) is 0.682. The molecule has 7 nitrogen and oxygen atoms in total. The number of carbonyl (C=O) groups is 1. The van der Waals surface area contributed by atoms with Crippen LogP contribution in [-0.2, 0) is 19.6 Å². The lowest BCUT2D eigenvalue weighted by molar-refractivity contribution is -0.124. The van der Waals surface area contributed by atoms with Gasteiger partial charge in [-0.05, 0) is 64.1 Å². The second-order valence-corrected chi connectivity index (χ2v) is 10.3. The second-order valence-electron chi connectivity index (χ2n) is 8.45. The molecule has 8 heteroatoms. The number of hydrogen-bond acceptors (Lipinski definition) is 5. The minimum atomic E-state index is -3.71. The normalized spacial score (nSPS) is 21.1. The van der Waals surface area contributed by atoms with E-state index < -0.39 is 16.1 Å². The van der Waals surface area contributed by atoms with Crippen LogP contribution in [0.4, 0.5) is 0 Å². The maximum absolute atomic E-state index is 13.4. The Bertz CT molecular complexity index is 827. The van der Waals surface area contributed by atoms with E-state index in [0.29, 0.717) is 30.8 Å². The monoisotopic (exact) mass is 437 g/mol. The van der Waals surface area contributed by atoms with Gasteiger partial charge in [0.1, 0.15) is 6.04 Å². The number of aryl methyl sites for hydroxylation is 3. The van der Waals surface area contributed by atoms with Crippen molar-refractivity contribution in [2.75, 3.05) is 45.9 Å². The Morgan fingerprint density at radius 2 is 1.77 bits per heavy atom. The molecule has 0 spiro atoms. The van der Waals surface area contributed by atoms with E-state index in [1.807, 2.05) is 32.9 Å². The number of nitrogens with zero attached hydrogens (tertiary/aromatic N) is 2. The molecule has 0 saturated carbocycles. The molecule has 3 rings (SSSR count). The molecule has 30 heavy (non-hydrogen) atoms. The Morgan fingerprint density at radius 1 is 1.10 bits per heavy atom. The first-order valence-corrected chi connectivity index (χ1v) is 12.4. The lowest BCUT2D eigenvalue weighted by Gasteiger charge is -2.26. The Balaban J connectivity index is 1.56. The number of sulfonamides is 1. The van der Waals surface area contributed by atoms with Crippen molar-refractivity contribution in [1.29, 1.82) is 0 Å². The molecule has 0 bridgehead atoms. The number of nitrogens with one attached hydrogen (secondary N) is 1. The van der Waals surface area contributed by atoms with Crippen LogP contribution in [0, 0.1) is 20.8 Å². The molecule has 1 N–H and O–H groups in total. The van der Waals surface area contributed by atoms with E-state index in [2.05, 4.69) is 10.2 Å². The molecule has 2 fully saturated rings. The summed E-state index contributed by atoms with van der Waals surface area (Å²) in [5, 5.41) is 2.97. The third-order valence-electron chi connectivity index (χ3n) is 5.98. The van der Waals surface area contributed by atoms with Crippen molar-refractivity contribution in [3.05, 3.63) is 28.8 Å². The molecule has 0 aromatic heterocycles. The number of ether oxygens (including phenoxy) is 1. The molecule has 1 aromatic carbocycles. The van der Waals surface area contributed by atoms with Crippen molar-refractivity contribution in [3.8, 4) is 0 Å². The smallest absolute Gasteiger partial charge is 0.244 e. The number of hydrogen-bond donors (Lipinski definition) is 1. The van der Waals surface area contributed by atoms with Gasteiger partial charge < -0.3 is 10.1 Å². The Morgan fingerprint density at radius 3 is 2.43 bits per heavy atom. The summed E-state index contributed by atoms with van der Waals surface area (Å²) in [5.41, 5.74) is 2.51. The van der Waals surface area contributed by atoms with E-state index in [0.717, 1.165) is 62.4 Å². The van der Waals surface area contributed by atoms with E-state index in [1.54, 1.807) is 0 Å². The molecule has 2 aliphatic rings.